The van der Waals surface area contributed by atoms with Gasteiger partial charge in [0.15, 0.2) is 18.0 Å². The number of benzene rings is 2. The van der Waals surface area contributed by atoms with E-state index in [2.05, 4.69) is 22.3 Å². The lowest BCUT2D eigenvalue weighted by Gasteiger charge is -2.29. The molecule has 7 heteroatoms. The van der Waals surface area contributed by atoms with Crippen molar-refractivity contribution < 1.29 is 23.7 Å². The molecule has 1 aromatic heterocycles. The topological polar surface area (TPSA) is 66.3 Å². The monoisotopic (exact) mass is 396 g/mol. The number of methoxy groups -OCH3 is 2. The first kappa shape index (κ1) is 19.4. The van der Waals surface area contributed by atoms with Crippen LogP contribution in [-0.2, 0) is 13.1 Å². The number of hydrogen-bond acceptors (Lipinski definition) is 5. The van der Waals surface area contributed by atoms with Gasteiger partial charge in [-0.3, -0.25) is 0 Å². The molecule has 3 aromatic rings. The van der Waals surface area contributed by atoms with Crippen molar-refractivity contribution in [2.45, 2.75) is 13.1 Å². The number of nitrogens with zero attached hydrogens (tertiary/aromatic N) is 2. The van der Waals surface area contributed by atoms with Crippen molar-refractivity contribution in [3.8, 4) is 23.0 Å². The maximum atomic E-state index is 5.87. The Labute approximate surface area is 170 Å². The molecule has 1 aliphatic rings. The third kappa shape index (κ3) is 4.75. The van der Waals surface area contributed by atoms with E-state index in [9.17, 15) is 0 Å². The van der Waals surface area contributed by atoms with E-state index in [4.69, 9.17) is 13.9 Å². The van der Waals surface area contributed by atoms with E-state index in [0.29, 0.717) is 11.8 Å². The quantitative estimate of drug-likeness (QED) is 0.599. The molecule has 0 spiro atoms. The molecule has 152 valence electrons. The van der Waals surface area contributed by atoms with Gasteiger partial charge in [0.2, 0.25) is 5.89 Å². The van der Waals surface area contributed by atoms with Crippen LogP contribution >= 0.6 is 0 Å². The van der Waals surface area contributed by atoms with Crippen molar-refractivity contribution in [3.63, 3.8) is 0 Å². The first-order valence-electron chi connectivity index (χ1n) is 10.0. The van der Waals surface area contributed by atoms with Gasteiger partial charge < -0.3 is 23.7 Å². The fourth-order valence-electron chi connectivity index (χ4n) is 3.83. The van der Waals surface area contributed by atoms with Crippen LogP contribution in [0.3, 0.4) is 0 Å². The molecule has 0 amide bonds. The molecule has 2 heterocycles. The lowest BCUT2D eigenvalue weighted by molar-refractivity contribution is -1.02. The van der Waals surface area contributed by atoms with Crippen LogP contribution in [0.4, 0.5) is 0 Å². The second-order valence-corrected chi connectivity index (χ2v) is 7.41. The highest BCUT2D eigenvalue weighted by Crippen LogP contribution is 2.27. The zero-order valence-corrected chi connectivity index (χ0v) is 17.0. The van der Waals surface area contributed by atoms with E-state index in [1.54, 1.807) is 19.1 Å². The predicted molar refractivity (Wildman–Crippen MR) is 108 cm³/mol. The zero-order chi connectivity index (χ0) is 20.1. The van der Waals surface area contributed by atoms with Gasteiger partial charge in [0.25, 0.3) is 5.89 Å². The highest BCUT2D eigenvalue weighted by Gasteiger charge is 2.25. The molecule has 0 aliphatic carbocycles. The number of rotatable bonds is 7. The van der Waals surface area contributed by atoms with E-state index in [0.717, 1.165) is 56.3 Å². The summed E-state index contributed by atoms with van der Waals surface area (Å²) in [6.45, 7) is 6.18. The Morgan fingerprint density at radius 3 is 2.21 bits per heavy atom. The Morgan fingerprint density at radius 2 is 1.52 bits per heavy atom. The fourth-order valence-corrected chi connectivity index (χ4v) is 3.83. The van der Waals surface area contributed by atoms with Gasteiger partial charge >= 0.3 is 0 Å². The summed E-state index contributed by atoms with van der Waals surface area (Å²) in [5.41, 5.74) is 2.23. The number of aromatic nitrogens is 2. The Bertz CT molecular complexity index is 921. The summed E-state index contributed by atoms with van der Waals surface area (Å²) in [5, 5.41) is 8.43. The summed E-state index contributed by atoms with van der Waals surface area (Å²) >= 11 is 0. The lowest BCUT2D eigenvalue weighted by Crippen LogP contribution is -3.27. The Balaban J connectivity index is 1.29. The second kappa shape index (κ2) is 9.07. The van der Waals surface area contributed by atoms with E-state index >= 15 is 0 Å². The molecule has 7 nitrogen and oxygen atoms in total. The molecule has 1 saturated heterocycles. The van der Waals surface area contributed by atoms with Gasteiger partial charge in [0, 0.05) is 11.1 Å². The van der Waals surface area contributed by atoms with Crippen LogP contribution in [0.5, 0.6) is 11.5 Å². The van der Waals surface area contributed by atoms with Gasteiger partial charge in [-0.1, -0.05) is 18.2 Å². The molecule has 29 heavy (non-hydrogen) atoms. The second-order valence-electron chi connectivity index (χ2n) is 7.41. The summed E-state index contributed by atoms with van der Waals surface area (Å²) in [7, 11) is 3.34. The molecule has 0 unspecified atom stereocenters. The summed E-state index contributed by atoms with van der Waals surface area (Å²) in [4.78, 5) is 3.07. The van der Waals surface area contributed by atoms with E-state index < -0.39 is 0 Å². The van der Waals surface area contributed by atoms with Crippen LogP contribution in [0.15, 0.2) is 52.9 Å². The average molecular weight is 396 g/mol. The molecular formula is C22H28N4O3+2. The number of piperazine rings is 1. The van der Waals surface area contributed by atoms with E-state index in [1.807, 2.05) is 36.4 Å². The normalized spacial score (nSPS) is 19.1. The van der Waals surface area contributed by atoms with Gasteiger partial charge in [-0.05, 0) is 30.3 Å². The number of quaternary nitrogens is 2. The van der Waals surface area contributed by atoms with Crippen molar-refractivity contribution in [1.29, 1.82) is 0 Å². The van der Waals surface area contributed by atoms with Crippen molar-refractivity contribution in [1.82, 2.24) is 10.2 Å². The number of ether oxygens (including phenoxy) is 2. The first-order valence-corrected chi connectivity index (χ1v) is 10.0. The van der Waals surface area contributed by atoms with Crippen LogP contribution in [0.25, 0.3) is 11.5 Å². The van der Waals surface area contributed by atoms with Gasteiger partial charge in [0.05, 0.1) is 14.2 Å². The summed E-state index contributed by atoms with van der Waals surface area (Å²) in [5.74, 6) is 2.87. The van der Waals surface area contributed by atoms with Gasteiger partial charge in [-0.25, -0.2) is 0 Å². The fraction of sp³-hybridized carbons (Fsp3) is 0.364. The van der Waals surface area contributed by atoms with Crippen LogP contribution in [-0.4, -0.2) is 50.6 Å². The molecule has 0 bridgehead atoms. The summed E-state index contributed by atoms with van der Waals surface area (Å²) < 4.78 is 16.6. The lowest BCUT2D eigenvalue weighted by atomic mass is 10.1. The molecular weight excluding hydrogens is 368 g/mol. The molecule has 1 aliphatic heterocycles. The molecule has 2 N–H and O–H groups in total. The zero-order valence-electron chi connectivity index (χ0n) is 17.0. The molecule has 2 aromatic carbocycles. The maximum Gasteiger partial charge on any atom is 0.271 e. The smallest absolute Gasteiger partial charge is 0.271 e. The first-order chi connectivity index (χ1) is 14.2. The Morgan fingerprint density at radius 1 is 0.828 bits per heavy atom. The Kier molecular flexibility index (Phi) is 6.07. The minimum Gasteiger partial charge on any atom is -0.493 e. The summed E-state index contributed by atoms with van der Waals surface area (Å²) in [6, 6.07) is 16.1. The van der Waals surface area contributed by atoms with Crippen LogP contribution in [0.1, 0.15) is 11.5 Å². The van der Waals surface area contributed by atoms with Gasteiger partial charge in [-0.2, -0.15) is 0 Å². The van der Waals surface area contributed by atoms with Gasteiger partial charge in [-0.15, -0.1) is 10.2 Å². The van der Waals surface area contributed by atoms with Crippen molar-refractivity contribution in [2.24, 2.45) is 0 Å². The molecule has 4 rings (SSSR count). The van der Waals surface area contributed by atoms with E-state index in [1.165, 1.54) is 10.5 Å². The van der Waals surface area contributed by atoms with Crippen molar-refractivity contribution in [2.75, 3.05) is 40.4 Å². The van der Waals surface area contributed by atoms with Crippen molar-refractivity contribution in [3.05, 3.63) is 60.0 Å². The number of nitrogens with one attached hydrogen (secondary N) is 2. The average Bonchev–Trinajstić information content (AvgIpc) is 3.24. The Hall–Kier alpha value is -2.90. The molecule has 1 fully saturated rings. The minimum atomic E-state index is 0.595. The highest BCUT2D eigenvalue weighted by molar-refractivity contribution is 5.51. The molecule has 0 atom stereocenters. The largest absolute Gasteiger partial charge is 0.493 e. The third-order valence-electron chi connectivity index (χ3n) is 5.46. The SMILES string of the molecule is COc1ccc(C[NH+]2CC[NH+](Cc3nnc(-c4ccccc4)o3)CC2)cc1OC. The summed E-state index contributed by atoms with van der Waals surface area (Å²) in [6.07, 6.45) is 0. The molecule has 0 saturated carbocycles. The number of hydrogen-bond donors (Lipinski definition) is 2. The van der Waals surface area contributed by atoms with E-state index in [-0.39, 0.29) is 0 Å². The van der Waals surface area contributed by atoms with Crippen LogP contribution in [0, 0.1) is 0 Å². The van der Waals surface area contributed by atoms with Crippen LogP contribution in [0.2, 0.25) is 0 Å². The standard InChI is InChI=1S/C22H26N4O3/c1-27-19-9-8-17(14-20(19)28-2)15-25-10-12-26(13-11-25)16-21-23-24-22(29-21)18-6-4-3-5-7-18/h3-9,14H,10-13,15-16H2,1-2H3/p+2. The third-order valence-corrected chi connectivity index (χ3v) is 5.46. The molecule has 0 radical (unpaired) electrons. The van der Waals surface area contributed by atoms with Crippen molar-refractivity contribution >= 4 is 0 Å². The van der Waals surface area contributed by atoms with Gasteiger partial charge in [0.1, 0.15) is 32.7 Å². The predicted octanol–water partition coefficient (Wildman–Crippen LogP) is 0.237. The minimum absolute atomic E-state index is 0.595. The highest BCUT2D eigenvalue weighted by atomic mass is 16.5. The van der Waals surface area contributed by atoms with Crippen LogP contribution < -0.4 is 19.3 Å². The maximum absolute atomic E-state index is 5.87.